The molecule has 3 aromatic heterocycles. The summed E-state index contributed by atoms with van der Waals surface area (Å²) in [5.74, 6) is -0.577. The Labute approximate surface area is 181 Å². The molecule has 4 rings (SSSR count). The number of pyridine rings is 1. The summed E-state index contributed by atoms with van der Waals surface area (Å²) in [5.41, 5.74) is -0.347. The van der Waals surface area contributed by atoms with Crippen LogP contribution in [-0.2, 0) is 21.1 Å². The number of benzene rings is 1. The van der Waals surface area contributed by atoms with E-state index in [1.807, 2.05) is 0 Å². The number of aromatic nitrogens is 3. The Morgan fingerprint density at radius 3 is 2.69 bits per heavy atom. The molecular formula is C21H17FN4O5S. The molecule has 1 aromatic carbocycles. The second kappa shape index (κ2) is 8.35. The van der Waals surface area contributed by atoms with Gasteiger partial charge in [0, 0.05) is 12.7 Å². The van der Waals surface area contributed by atoms with Crippen LogP contribution in [0.2, 0.25) is 0 Å². The van der Waals surface area contributed by atoms with Crippen LogP contribution in [0.4, 0.5) is 10.2 Å². The topological polar surface area (TPSA) is 124 Å². The van der Waals surface area contributed by atoms with Crippen LogP contribution in [0, 0.1) is 5.82 Å². The maximum absolute atomic E-state index is 13.2. The van der Waals surface area contributed by atoms with Gasteiger partial charge >= 0.3 is 0 Å². The maximum atomic E-state index is 13.2. The number of amides is 1. The van der Waals surface area contributed by atoms with Gasteiger partial charge in [0.2, 0.25) is 5.91 Å². The Kier molecular flexibility index (Phi) is 5.57. The van der Waals surface area contributed by atoms with E-state index in [1.165, 1.54) is 36.9 Å². The molecule has 0 fully saturated rings. The number of nitrogens with zero attached hydrogens (tertiary/aromatic N) is 3. The van der Waals surface area contributed by atoms with Crippen LogP contribution in [0.15, 0.2) is 75.4 Å². The van der Waals surface area contributed by atoms with Crippen LogP contribution in [-0.4, -0.2) is 35.1 Å². The smallest absolute Gasteiger partial charge is 0.261 e. The molecular weight excluding hydrogens is 439 g/mol. The number of furan rings is 1. The Hall–Kier alpha value is -3.86. The van der Waals surface area contributed by atoms with E-state index in [9.17, 15) is 22.4 Å². The first-order valence-corrected chi connectivity index (χ1v) is 11.3. The van der Waals surface area contributed by atoms with E-state index in [1.54, 1.807) is 12.1 Å². The number of hydrogen-bond donors (Lipinski definition) is 1. The Morgan fingerprint density at radius 1 is 1.22 bits per heavy atom. The number of rotatable bonds is 6. The van der Waals surface area contributed by atoms with Gasteiger partial charge < -0.3 is 9.73 Å². The van der Waals surface area contributed by atoms with E-state index in [4.69, 9.17) is 4.42 Å². The molecule has 164 valence electrons. The lowest BCUT2D eigenvalue weighted by atomic mass is 10.1. The highest BCUT2D eigenvalue weighted by atomic mass is 32.2. The lowest BCUT2D eigenvalue weighted by molar-refractivity contribution is -0.119. The minimum absolute atomic E-state index is 0.0295. The highest BCUT2D eigenvalue weighted by molar-refractivity contribution is 7.90. The van der Waals surface area contributed by atoms with Gasteiger partial charge in [0.15, 0.2) is 9.84 Å². The minimum Gasteiger partial charge on any atom is -0.469 e. The van der Waals surface area contributed by atoms with Gasteiger partial charge in [-0.3, -0.25) is 14.2 Å². The molecule has 0 saturated carbocycles. The summed E-state index contributed by atoms with van der Waals surface area (Å²) in [6.45, 7) is 0. The molecule has 4 aromatic rings. The maximum Gasteiger partial charge on any atom is 0.261 e. The fraction of sp³-hybridized carbons (Fsp3) is 0.143. The Bertz CT molecular complexity index is 1450. The van der Waals surface area contributed by atoms with E-state index in [0.29, 0.717) is 5.76 Å². The number of nitrogens with one attached hydrogen (secondary N) is 1. The minimum atomic E-state index is -3.48. The average Bonchev–Trinajstić information content (AvgIpc) is 3.27. The van der Waals surface area contributed by atoms with E-state index < -0.39 is 33.2 Å². The van der Waals surface area contributed by atoms with Crippen molar-refractivity contribution in [2.45, 2.75) is 17.4 Å². The zero-order chi connectivity index (χ0) is 22.9. The second-order valence-electron chi connectivity index (χ2n) is 7.06. The number of carbonyl (C=O) groups is 1. The molecule has 0 radical (unpaired) electrons. The van der Waals surface area contributed by atoms with Gasteiger partial charge in [-0.1, -0.05) is 0 Å². The highest BCUT2D eigenvalue weighted by Gasteiger charge is 2.25. The molecule has 0 spiro atoms. The molecule has 1 amide bonds. The first kappa shape index (κ1) is 21.4. The Morgan fingerprint density at radius 2 is 2.03 bits per heavy atom. The molecule has 0 saturated heterocycles. The van der Waals surface area contributed by atoms with Crippen molar-refractivity contribution in [1.29, 1.82) is 0 Å². The predicted octanol–water partition coefficient (Wildman–Crippen LogP) is 2.35. The molecule has 0 bridgehead atoms. The van der Waals surface area contributed by atoms with Crippen molar-refractivity contribution in [3.8, 4) is 0 Å². The van der Waals surface area contributed by atoms with Crippen LogP contribution in [0.5, 0.6) is 0 Å². The number of carbonyl (C=O) groups excluding carboxylic acids is 1. The quantitative estimate of drug-likeness (QED) is 0.472. The number of anilines is 1. The largest absolute Gasteiger partial charge is 0.469 e. The van der Waals surface area contributed by atoms with Gasteiger partial charge in [0.25, 0.3) is 5.56 Å². The number of halogens is 1. The molecule has 0 aliphatic carbocycles. The Balaban J connectivity index is 1.76. The fourth-order valence-corrected chi connectivity index (χ4v) is 3.80. The van der Waals surface area contributed by atoms with Crippen molar-refractivity contribution < 1.29 is 22.0 Å². The van der Waals surface area contributed by atoms with E-state index in [2.05, 4.69) is 15.3 Å². The van der Waals surface area contributed by atoms with Crippen LogP contribution in [0.1, 0.15) is 11.8 Å². The van der Waals surface area contributed by atoms with Gasteiger partial charge in [0.05, 0.1) is 34.6 Å². The van der Waals surface area contributed by atoms with Gasteiger partial charge in [0.1, 0.15) is 23.4 Å². The summed E-state index contributed by atoms with van der Waals surface area (Å²) < 4.78 is 43.2. The molecule has 9 nitrogen and oxygen atoms in total. The monoisotopic (exact) mass is 456 g/mol. The van der Waals surface area contributed by atoms with Crippen LogP contribution >= 0.6 is 0 Å². The summed E-state index contributed by atoms with van der Waals surface area (Å²) in [6.07, 6.45) is 4.68. The SMILES string of the molecule is CS(=O)(=O)c1ccc2c(=O)n(C(Cc3ccco3)C(=O)Nc3ccc(F)cn3)cnc2c1. The van der Waals surface area contributed by atoms with Crippen LogP contribution < -0.4 is 10.9 Å². The zero-order valence-corrected chi connectivity index (χ0v) is 17.5. The second-order valence-corrected chi connectivity index (χ2v) is 9.07. The molecule has 1 atom stereocenters. The van der Waals surface area contributed by atoms with Gasteiger partial charge in [-0.2, -0.15) is 0 Å². The summed E-state index contributed by atoms with van der Waals surface area (Å²) in [6, 6.07) is 8.68. The van der Waals surface area contributed by atoms with Gasteiger partial charge in [-0.15, -0.1) is 0 Å². The lowest BCUT2D eigenvalue weighted by Gasteiger charge is -2.18. The lowest BCUT2D eigenvalue weighted by Crippen LogP contribution is -2.35. The summed E-state index contributed by atoms with van der Waals surface area (Å²) in [4.78, 5) is 34.2. The third kappa shape index (κ3) is 4.42. The normalized spacial score (nSPS) is 12.6. The van der Waals surface area contributed by atoms with Gasteiger partial charge in [-0.25, -0.2) is 22.8 Å². The number of fused-ring (bicyclic) bond motifs is 1. The van der Waals surface area contributed by atoms with Crippen LogP contribution in [0.25, 0.3) is 10.9 Å². The number of sulfone groups is 1. The molecule has 3 heterocycles. The predicted molar refractivity (Wildman–Crippen MR) is 113 cm³/mol. The molecule has 0 aliphatic rings. The van der Waals surface area contributed by atoms with Crippen molar-refractivity contribution in [3.05, 3.63) is 83.2 Å². The van der Waals surface area contributed by atoms with Crippen LogP contribution in [0.3, 0.4) is 0 Å². The molecule has 32 heavy (non-hydrogen) atoms. The van der Waals surface area contributed by atoms with Crippen molar-refractivity contribution in [3.63, 3.8) is 0 Å². The van der Waals surface area contributed by atoms with Crippen molar-refractivity contribution in [2.24, 2.45) is 0 Å². The molecule has 1 N–H and O–H groups in total. The zero-order valence-electron chi connectivity index (χ0n) is 16.7. The first-order chi connectivity index (χ1) is 15.2. The summed E-state index contributed by atoms with van der Waals surface area (Å²) in [7, 11) is -3.48. The summed E-state index contributed by atoms with van der Waals surface area (Å²) in [5, 5.41) is 2.71. The fourth-order valence-electron chi connectivity index (χ4n) is 3.16. The average molecular weight is 456 g/mol. The molecule has 1 unspecified atom stereocenters. The standard InChI is InChI=1S/C21H17FN4O5S/c1-32(29,30)15-5-6-16-17(10-15)24-12-26(21(16)28)18(9-14-3-2-8-31-14)20(27)25-19-7-4-13(22)11-23-19/h2-8,10-12,18H,9H2,1H3,(H,23,25,27). The molecule has 11 heteroatoms. The number of hydrogen-bond acceptors (Lipinski definition) is 7. The van der Waals surface area contributed by atoms with Crippen molar-refractivity contribution in [2.75, 3.05) is 11.6 Å². The van der Waals surface area contributed by atoms with E-state index >= 15 is 0 Å². The highest BCUT2D eigenvalue weighted by Crippen LogP contribution is 2.19. The van der Waals surface area contributed by atoms with Crippen molar-refractivity contribution in [1.82, 2.24) is 14.5 Å². The third-order valence-electron chi connectivity index (χ3n) is 4.78. The summed E-state index contributed by atoms with van der Waals surface area (Å²) >= 11 is 0. The van der Waals surface area contributed by atoms with E-state index in [0.717, 1.165) is 23.1 Å². The first-order valence-electron chi connectivity index (χ1n) is 9.38. The van der Waals surface area contributed by atoms with Gasteiger partial charge in [-0.05, 0) is 42.5 Å². The van der Waals surface area contributed by atoms with E-state index in [-0.39, 0.29) is 28.0 Å². The third-order valence-corrected chi connectivity index (χ3v) is 5.89. The van der Waals surface area contributed by atoms with Crippen molar-refractivity contribution >= 4 is 32.5 Å². The molecule has 0 aliphatic heterocycles.